The summed E-state index contributed by atoms with van der Waals surface area (Å²) in [4.78, 5) is 20.6. The first-order chi connectivity index (χ1) is 14.9. The maximum Gasteiger partial charge on any atom is 0.248 e. The number of rotatable bonds is 6. The fourth-order valence-electron chi connectivity index (χ4n) is 3.47. The second kappa shape index (κ2) is 9.13. The maximum absolute atomic E-state index is 12.8. The first-order valence-corrected chi connectivity index (χ1v) is 11.6. The minimum atomic E-state index is -3.75. The fraction of sp³-hybridized carbons (Fsp3) is 0.300. The van der Waals surface area contributed by atoms with Gasteiger partial charge in [0, 0.05) is 25.2 Å². The molecule has 0 aliphatic carbocycles. The second-order valence-electron chi connectivity index (χ2n) is 7.21. The van der Waals surface area contributed by atoms with Gasteiger partial charge in [0.05, 0.1) is 6.54 Å². The highest BCUT2D eigenvalue weighted by atomic mass is 35.5. The summed E-state index contributed by atoms with van der Waals surface area (Å²) in [6.07, 6.45) is 3.80. The lowest BCUT2D eigenvalue weighted by atomic mass is 9.97. The third-order valence-corrected chi connectivity index (χ3v) is 7.47. The Bertz CT molecular complexity index is 1160. The van der Waals surface area contributed by atoms with Crippen LogP contribution in [0.1, 0.15) is 18.4 Å². The zero-order chi connectivity index (χ0) is 21.8. The number of nitrogens with zero attached hydrogens (tertiary/aromatic N) is 5. The number of amides is 1. The number of carbonyl (C=O) groups is 1. The Morgan fingerprint density at radius 2 is 1.84 bits per heavy atom. The zero-order valence-electron chi connectivity index (χ0n) is 16.6. The fourth-order valence-corrected chi connectivity index (χ4v) is 5.37. The number of hydrogen-bond acceptors (Lipinski definition) is 6. The predicted molar refractivity (Wildman–Crippen MR) is 115 cm³/mol. The summed E-state index contributed by atoms with van der Waals surface area (Å²) in [6, 6.07) is 12.8. The van der Waals surface area contributed by atoms with Gasteiger partial charge in [0.25, 0.3) is 0 Å². The molecule has 0 bridgehead atoms. The van der Waals surface area contributed by atoms with Gasteiger partial charge in [0.2, 0.25) is 21.9 Å². The van der Waals surface area contributed by atoms with Crippen molar-refractivity contribution in [3.05, 3.63) is 65.7 Å². The molecule has 2 aromatic heterocycles. The van der Waals surface area contributed by atoms with Crippen LogP contribution in [0, 0.1) is 5.92 Å². The summed E-state index contributed by atoms with van der Waals surface area (Å²) in [7, 11) is -3.75. The van der Waals surface area contributed by atoms with Crippen molar-refractivity contribution < 1.29 is 13.2 Å². The molecule has 0 radical (unpaired) electrons. The van der Waals surface area contributed by atoms with Gasteiger partial charge in [-0.2, -0.15) is 4.31 Å². The third kappa shape index (κ3) is 4.92. The Balaban J connectivity index is 1.33. The Morgan fingerprint density at radius 1 is 1.10 bits per heavy atom. The van der Waals surface area contributed by atoms with Crippen molar-refractivity contribution >= 4 is 33.5 Å². The van der Waals surface area contributed by atoms with E-state index in [1.165, 1.54) is 22.6 Å². The quantitative estimate of drug-likeness (QED) is 0.565. The number of sulfonamides is 1. The zero-order valence-corrected chi connectivity index (χ0v) is 18.1. The molecule has 1 fully saturated rings. The van der Waals surface area contributed by atoms with Gasteiger partial charge in [-0.05, 0) is 30.5 Å². The van der Waals surface area contributed by atoms with Gasteiger partial charge < -0.3 is 0 Å². The smallest absolute Gasteiger partial charge is 0.248 e. The number of pyridine rings is 1. The monoisotopic (exact) mass is 460 g/mol. The van der Waals surface area contributed by atoms with Crippen LogP contribution < -0.4 is 5.32 Å². The van der Waals surface area contributed by atoms with Crippen LogP contribution >= 0.6 is 11.6 Å². The van der Waals surface area contributed by atoms with Gasteiger partial charge in [0.1, 0.15) is 16.4 Å². The molecule has 0 unspecified atom stereocenters. The summed E-state index contributed by atoms with van der Waals surface area (Å²) in [5.41, 5.74) is 1.08. The molecule has 1 saturated heterocycles. The molecule has 1 N–H and O–H groups in total. The van der Waals surface area contributed by atoms with Gasteiger partial charge in [-0.25, -0.2) is 23.1 Å². The van der Waals surface area contributed by atoms with Crippen LogP contribution in [0.2, 0.25) is 5.15 Å². The van der Waals surface area contributed by atoms with Crippen molar-refractivity contribution in [1.29, 1.82) is 0 Å². The molecule has 9 nitrogen and oxygen atoms in total. The van der Waals surface area contributed by atoms with Crippen LogP contribution in [0.4, 0.5) is 5.95 Å². The summed E-state index contributed by atoms with van der Waals surface area (Å²) in [5.74, 6) is -0.302. The molecule has 1 amide bonds. The molecule has 31 heavy (non-hydrogen) atoms. The van der Waals surface area contributed by atoms with Gasteiger partial charge in [-0.3, -0.25) is 10.1 Å². The van der Waals surface area contributed by atoms with Gasteiger partial charge in [-0.15, -0.1) is 5.10 Å². The second-order valence-corrected chi connectivity index (χ2v) is 9.48. The molecule has 0 atom stereocenters. The van der Waals surface area contributed by atoms with E-state index >= 15 is 0 Å². The normalized spacial score (nSPS) is 15.6. The number of halogens is 1. The summed E-state index contributed by atoms with van der Waals surface area (Å²) < 4.78 is 28.6. The van der Waals surface area contributed by atoms with Crippen LogP contribution in [0.5, 0.6) is 0 Å². The molecular weight excluding hydrogens is 440 g/mol. The lowest BCUT2D eigenvalue weighted by Gasteiger charge is -2.30. The summed E-state index contributed by atoms with van der Waals surface area (Å²) in [5, 5.41) is 6.96. The number of carbonyl (C=O) groups excluding carboxylic acids is 1. The average Bonchev–Trinajstić information content (AvgIpc) is 3.21. The van der Waals surface area contributed by atoms with E-state index in [9.17, 15) is 13.2 Å². The standard InChI is InChI=1S/C20H21ClN6O3S/c21-18-17(7-4-10-22-18)31(29,30)27-11-8-16(9-12-27)19(28)24-20-23-14-26(25-20)13-15-5-2-1-3-6-15/h1-7,10,14,16H,8-9,11-13H2,(H,24,25,28). The van der Waals surface area contributed by atoms with E-state index < -0.39 is 10.0 Å². The molecule has 1 aliphatic rings. The van der Waals surface area contributed by atoms with E-state index in [1.54, 1.807) is 11.0 Å². The van der Waals surface area contributed by atoms with E-state index in [4.69, 9.17) is 11.6 Å². The Kier molecular flexibility index (Phi) is 6.30. The van der Waals surface area contributed by atoms with E-state index in [1.807, 2.05) is 30.3 Å². The first-order valence-electron chi connectivity index (χ1n) is 9.78. The van der Waals surface area contributed by atoms with Crippen LogP contribution in [-0.4, -0.2) is 51.5 Å². The predicted octanol–water partition coefficient (Wildman–Crippen LogP) is 2.41. The molecular formula is C20H21ClN6O3S. The Hall–Kier alpha value is -2.82. The Labute approximate surface area is 185 Å². The van der Waals surface area contributed by atoms with Crippen LogP contribution in [0.25, 0.3) is 0 Å². The minimum absolute atomic E-state index is 0.0206. The van der Waals surface area contributed by atoms with E-state index in [0.717, 1.165) is 5.56 Å². The first kappa shape index (κ1) is 21.4. The average molecular weight is 461 g/mol. The van der Waals surface area contributed by atoms with E-state index in [-0.39, 0.29) is 40.9 Å². The van der Waals surface area contributed by atoms with Crippen LogP contribution in [0.3, 0.4) is 0 Å². The lowest BCUT2D eigenvalue weighted by molar-refractivity contribution is -0.121. The molecule has 3 heterocycles. The SMILES string of the molecule is O=C(Nc1ncn(Cc2ccccc2)n1)C1CCN(S(=O)(=O)c2cccnc2Cl)CC1. The Morgan fingerprint density at radius 3 is 2.55 bits per heavy atom. The molecule has 0 saturated carbocycles. The summed E-state index contributed by atoms with van der Waals surface area (Å²) >= 11 is 5.95. The number of hydrogen-bond donors (Lipinski definition) is 1. The van der Waals surface area contributed by atoms with E-state index in [0.29, 0.717) is 19.4 Å². The highest BCUT2D eigenvalue weighted by Gasteiger charge is 2.33. The van der Waals surface area contributed by atoms with Gasteiger partial charge >= 0.3 is 0 Å². The number of piperidine rings is 1. The number of anilines is 1. The number of nitrogens with one attached hydrogen (secondary N) is 1. The molecule has 3 aromatic rings. The van der Waals surface area contributed by atoms with Crippen molar-refractivity contribution in [3.8, 4) is 0 Å². The van der Waals surface area contributed by atoms with Crippen molar-refractivity contribution in [2.45, 2.75) is 24.3 Å². The van der Waals surface area contributed by atoms with Crippen LogP contribution in [-0.2, 0) is 21.4 Å². The lowest BCUT2D eigenvalue weighted by Crippen LogP contribution is -2.41. The minimum Gasteiger partial charge on any atom is -0.293 e. The summed E-state index contributed by atoms with van der Waals surface area (Å²) in [6.45, 7) is 1.000. The topological polar surface area (TPSA) is 110 Å². The molecule has 4 rings (SSSR count). The van der Waals surface area contributed by atoms with Crippen molar-refractivity contribution in [3.63, 3.8) is 0 Å². The van der Waals surface area contributed by atoms with Crippen molar-refractivity contribution in [1.82, 2.24) is 24.1 Å². The highest BCUT2D eigenvalue weighted by Crippen LogP contribution is 2.27. The van der Waals surface area contributed by atoms with Crippen molar-refractivity contribution in [2.75, 3.05) is 18.4 Å². The van der Waals surface area contributed by atoms with Gasteiger partial charge in [0.15, 0.2) is 0 Å². The van der Waals surface area contributed by atoms with Gasteiger partial charge in [-0.1, -0.05) is 41.9 Å². The maximum atomic E-state index is 12.8. The molecule has 162 valence electrons. The largest absolute Gasteiger partial charge is 0.293 e. The highest BCUT2D eigenvalue weighted by molar-refractivity contribution is 7.89. The molecule has 1 aromatic carbocycles. The van der Waals surface area contributed by atoms with Crippen molar-refractivity contribution in [2.24, 2.45) is 5.92 Å². The van der Waals surface area contributed by atoms with Crippen LogP contribution in [0.15, 0.2) is 59.9 Å². The van der Waals surface area contributed by atoms with E-state index in [2.05, 4.69) is 20.4 Å². The number of aromatic nitrogens is 4. The molecule has 0 spiro atoms. The third-order valence-electron chi connectivity index (χ3n) is 5.13. The molecule has 1 aliphatic heterocycles. The molecule has 11 heteroatoms. The number of benzene rings is 1.